The average Bonchev–Trinajstić information content (AvgIpc) is 2.46. The second kappa shape index (κ2) is 6.68. The molecule has 1 aliphatic rings. The predicted molar refractivity (Wildman–Crippen MR) is 80.1 cm³/mol. The maximum Gasteiger partial charge on any atom is 0.128 e. The van der Waals surface area contributed by atoms with E-state index in [-0.39, 0.29) is 17.3 Å². The molecular formula is C17H26FNO. The lowest BCUT2D eigenvalue weighted by atomic mass is 9.61. The highest BCUT2D eigenvalue weighted by molar-refractivity contribution is 5.16. The molecule has 0 aliphatic heterocycles. The number of halogens is 1. The van der Waals surface area contributed by atoms with Gasteiger partial charge < -0.3 is 10.1 Å². The molecule has 0 radical (unpaired) electrons. The molecular weight excluding hydrogens is 253 g/mol. The van der Waals surface area contributed by atoms with Crippen molar-refractivity contribution in [2.24, 2.45) is 5.41 Å². The van der Waals surface area contributed by atoms with Gasteiger partial charge in [0.1, 0.15) is 5.82 Å². The lowest BCUT2D eigenvalue weighted by molar-refractivity contribution is -0.136. The van der Waals surface area contributed by atoms with Crippen molar-refractivity contribution < 1.29 is 9.13 Å². The van der Waals surface area contributed by atoms with Gasteiger partial charge in [-0.1, -0.05) is 39.0 Å². The Morgan fingerprint density at radius 3 is 2.75 bits per heavy atom. The van der Waals surface area contributed by atoms with Crippen molar-refractivity contribution in [1.82, 2.24) is 5.32 Å². The third-order valence-electron chi connectivity index (χ3n) is 4.78. The smallest absolute Gasteiger partial charge is 0.128 e. The molecule has 20 heavy (non-hydrogen) atoms. The molecule has 1 aromatic rings. The van der Waals surface area contributed by atoms with E-state index in [2.05, 4.69) is 26.1 Å². The Balaban J connectivity index is 1.89. The maximum atomic E-state index is 13.6. The summed E-state index contributed by atoms with van der Waals surface area (Å²) >= 11 is 0. The number of hydrogen-bond acceptors (Lipinski definition) is 2. The predicted octanol–water partition coefficient (Wildman–Crippen LogP) is 3.90. The zero-order valence-electron chi connectivity index (χ0n) is 12.8. The minimum absolute atomic E-state index is 0.167. The van der Waals surface area contributed by atoms with Gasteiger partial charge in [0.25, 0.3) is 0 Å². The van der Waals surface area contributed by atoms with Crippen molar-refractivity contribution in [3.8, 4) is 0 Å². The van der Waals surface area contributed by atoms with Gasteiger partial charge in [0.2, 0.25) is 0 Å². The molecule has 1 saturated carbocycles. The van der Waals surface area contributed by atoms with Crippen LogP contribution in [0.1, 0.15) is 45.6 Å². The van der Waals surface area contributed by atoms with Crippen LogP contribution in [0.2, 0.25) is 0 Å². The number of rotatable bonds is 7. The third-order valence-corrected chi connectivity index (χ3v) is 4.78. The van der Waals surface area contributed by atoms with Crippen LogP contribution >= 0.6 is 0 Å². The van der Waals surface area contributed by atoms with E-state index in [0.29, 0.717) is 18.2 Å². The van der Waals surface area contributed by atoms with Crippen LogP contribution in [-0.2, 0) is 11.3 Å². The van der Waals surface area contributed by atoms with Crippen LogP contribution in [0.15, 0.2) is 24.3 Å². The lowest BCUT2D eigenvalue weighted by Crippen LogP contribution is -2.62. The highest BCUT2D eigenvalue weighted by Crippen LogP contribution is 2.46. The van der Waals surface area contributed by atoms with E-state index >= 15 is 0 Å². The summed E-state index contributed by atoms with van der Waals surface area (Å²) in [5.41, 5.74) is 0.816. The first-order valence-electron chi connectivity index (χ1n) is 7.70. The standard InChI is InChI=1S/C17H26FNO/c1-4-10-19-15-11-16(17(15,3)5-2)20-12-13-8-6-7-9-14(13)18/h6-9,15-16,19H,4-5,10-12H2,1-3H3. The highest BCUT2D eigenvalue weighted by Gasteiger charge is 2.50. The van der Waals surface area contributed by atoms with Crippen LogP contribution in [-0.4, -0.2) is 18.7 Å². The number of hydrogen-bond donors (Lipinski definition) is 1. The first-order valence-corrected chi connectivity index (χ1v) is 7.70. The molecule has 1 N–H and O–H groups in total. The van der Waals surface area contributed by atoms with Crippen LogP contribution < -0.4 is 5.32 Å². The van der Waals surface area contributed by atoms with E-state index in [1.54, 1.807) is 12.1 Å². The van der Waals surface area contributed by atoms with Gasteiger partial charge in [-0.25, -0.2) is 4.39 Å². The highest BCUT2D eigenvalue weighted by atomic mass is 19.1. The summed E-state index contributed by atoms with van der Waals surface area (Å²) in [5.74, 6) is -0.175. The molecule has 3 unspecified atom stereocenters. The molecule has 0 bridgehead atoms. The fourth-order valence-corrected chi connectivity index (χ4v) is 2.99. The Morgan fingerprint density at radius 1 is 1.35 bits per heavy atom. The van der Waals surface area contributed by atoms with Gasteiger partial charge in [-0.05, 0) is 31.9 Å². The fourth-order valence-electron chi connectivity index (χ4n) is 2.99. The average molecular weight is 279 g/mol. The summed E-state index contributed by atoms with van der Waals surface area (Å²) in [6, 6.07) is 7.38. The van der Waals surface area contributed by atoms with E-state index in [1.807, 2.05) is 6.07 Å². The Hall–Kier alpha value is -0.930. The molecule has 2 rings (SSSR count). The quantitative estimate of drug-likeness (QED) is 0.817. The molecule has 0 amide bonds. The summed E-state index contributed by atoms with van der Waals surface area (Å²) in [7, 11) is 0. The molecule has 0 aromatic heterocycles. The number of nitrogens with one attached hydrogen (secondary N) is 1. The van der Waals surface area contributed by atoms with Crippen LogP contribution in [0.25, 0.3) is 0 Å². The Labute approximate surface area is 121 Å². The summed E-state index contributed by atoms with van der Waals surface area (Å²) in [6.45, 7) is 8.09. The zero-order chi connectivity index (χ0) is 14.6. The molecule has 0 spiro atoms. The largest absolute Gasteiger partial charge is 0.373 e. The normalized spacial score (nSPS) is 29.2. The van der Waals surface area contributed by atoms with E-state index < -0.39 is 0 Å². The van der Waals surface area contributed by atoms with Crippen molar-refractivity contribution in [3.63, 3.8) is 0 Å². The summed E-state index contributed by atoms with van der Waals surface area (Å²) < 4.78 is 19.6. The van der Waals surface area contributed by atoms with Crippen molar-refractivity contribution in [1.29, 1.82) is 0 Å². The van der Waals surface area contributed by atoms with Gasteiger partial charge in [0.15, 0.2) is 0 Å². The summed E-state index contributed by atoms with van der Waals surface area (Å²) in [6.07, 6.45) is 3.48. The van der Waals surface area contributed by atoms with E-state index in [0.717, 1.165) is 25.8 Å². The van der Waals surface area contributed by atoms with Gasteiger partial charge >= 0.3 is 0 Å². The van der Waals surface area contributed by atoms with Crippen molar-refractivity contribution in [3.05, 3.63) is 35.6 Å². The molecule has 1 aromatic carbocycles. The maximum absolute atomic E-state index is 13.6. The molecule has 0 saturated heterocycles. The summed E-state index contributed by atoms with van der Waals surface area (Å²) in [4.78, 5) is 0. The van der Waals surface area contributed by atoms with E-state index in [1.165, 1.54) is 6.07 Å². The van der Waals surface area contributed by atoms with Crippen molar-refractivity contribution in [2.75, 3.05) is 6.54 Å². The van der Waals surface area contributed by atoms with Crippen molar-refractivity contribution >= 4 is 0 Å². The fraction of sp³-hybridized carbons (Fsp3) is 0.647. The molecule has 1 fully saturated rings. The van der Waals surface area contributed by atoms with Gasteiger partial charge in [-0.2, -0.15) is 0 Å². The monoisotopic (exact) mass is 279 g/mol. The molecule has 3 heteroatoms. The summed E-state index contributed by atoms with van der Waals surface area (Å²) in [5, 5.41) is 3.60. The Bertz CT molecular complexity index is 437. The van der Waals surface area contributed by atoms with Crippen LogP contribution in [0.3, 0.4) is 0 Å². The molecule has 2 nitrogen and oxygen atoms in total. The molecule has 0 heterocycles. The lowest BCUT2D eigenvalue weighted by Gasteiger charge is -2.54. The minimum Gasteiger partial charge on any atom is -0.373 e. The molecule has 3 atom stereocenters. The number of ether oxygens (including phenoxy) is 1. The van der Waals surface area contributed by atoms with Crippen LogP contribution in [0.4, 0.5) is 4.39 Å². The number of benzene rings is 1. The first kappa shape index (κ1) is 15.5. The van der Waals surface area contributed by atoms with Crippen LogP contribution in [0, 0.1) is 11.2 Å². The van der Waals surface area contributed by atoms with Crippen LogP contribution in [0.5, 0.6) is 0 Å². The minimum atomic E-state index is -0.175. The van der Waals surface area contributed by atoms with Gasteiger partial charge in [-0.3, -0.25) is 0 Å². The zero-order valence-corrected chi connectivity index (χ0v) is 12.8. The van der Waals surface area contributed by atoms with E-state index in [9.17, 15) is 4.39 Å². The second-order valence-corrected chi connectivity index (χ2v) is 5.99. The Morgan fingerprint density at radius 2 is 2.10 bits per heavy atom. The van der Waals surface area contributed by atoms with Gasteiger partial charge in [0, 0.05) is 17.0 Å². The molecule has 112 valence electrons. The molecule has 1 aliphatic carbocycles. The van der Waals surface area contributed by atoms with E-state index in [4.69, 9.17) is 4.74 Å². The first-order chi connectivity index (χ1) is 9.61. The SMILES string of the molecule is CCCNC1CC(OCc2ccccc2F)C1(C)CC. The Kier molecular flexibility index (Phi) is 5.17. The van der Waals surface area contributed by atoms with Gasteiger partial charge in [-0.15, -0.1) is 0 Å². The van der Waals surface area contributed by atoms with Crippen molar-refractivity contribution in [2.45, 2.75) is 58.8 Å². The second-order valence-electron chi connectivity index (χ2n) is 5.99. The van der Waals surface area contributed by atoms with Gasteiger partial charge in [0.05, 0.1) is 12.7 Å². The third kappa shape index (κ3) is 3.04. The topological polar surface area (TPSA) is 21.3 Å².